The second-order valence-electron chi connectivity index (χ2n) is 7.33. The van der Waals surface area contributed by atoms with Gasteiger partial charge in [0, 0.05) is 12.1 Å². The molecule has 0 aliphatic rings. The van der Waals surface area contributed by atoms with Gasteiger partial charge < -0.3 is 14.5 Å². The lowest BCUT2D eigenvalue weighted by Crippen LogP contribution is -2.34. The summed E-state index contributed by atoms with van der Waals surface area (Å²) in [6.45, 7) is 15.2. The van der Waals surface area contributed by atoms with E-state index < -0.39 is 0 Å². The predicted octanol–water partition coefficient (Wildman–Crippen LogP) is 4.12. The zero-order valence-corrected chi connectivity index (χ0v) is 13.3. The second kappa shape index (κ2) is 6.58. The van der Waals surface area contributed by atoms with E-state index in [1.165, 1.54) is 0 Å². The maximum absolute atomic E-state index is 5.72. The minimum Gasteiger partial charge on any atom is -0.462 e. The van der Waals surface area contributed by atoms with Crippen LogP contribution in [0.25, 0.3) is 0 Å². The summed E-state index contributed by atoms with van der Waals surface area (Å²) in [5, 5.41) is 3.40. The van der Waals surface area contributed by atoms with Crippen LogP contribution in [0.4, 0.5) is 0 Å². The van der Waals surface area contributed by atoms with Gasteiger partial charge in [0.2, 0.25) is 0 Å². The molecule has 1 rings (SSSR count). The van der Waals surface area contributed by atoms with Crippen LogP contribution in [0, 0.1) is 5.41 Å². The number of nitrogens with one attached hydrogen (secondary N) is 1. The van der Waals surface area contributed by atoms with Crippen molar-refractivity contribution in [3.05, 3.63) is 23.7 Å². The summed E-state index contributed by atoms with van der Waals surface area (Å²) in [4.78, 5) is 0. The minimum absolute atomic E-state index is 0.107. The zero-order valence-electron chi connectivity index (χ0n) is 13.3. The van der Waals surface area contributed by atoms with Gasteiger partial charge in [0.15, 0.2) is 0 Å². The van der Waals surface area contributed by atoms with Crippen molar-refractivity contribution >= 4 is 0 Å². The molecular formula is C16H29NO2. The molecule has 0 atom stereocenters. The molecule has 1 aromatic rings. The lowest BCUT2D eigenvalue weighted by atomic mass is 9.93. The number of furan rings is 1. The fourth-order valence-corrected chi connectivity index (χ4v) is 1.50. The molecule has 0 aliphatic carbocycles. The van der Waals surface area contributed by atoms with Gasteiger partial charge in [-0.3, -0.25) is 0 Å². The first kappa shape index (κ1) is 16.3. The Balaban J connectivity index is 2.27. The Kier molecular flexibility index (Phi) is 5.63. The molecule has 0 unspecified atom stereocenters. The van der Waals surface area contributed by atoms with Gasteiger partial charge in [-0.1, -0.05) is 20.8 Å². The maximum Gasteiger partial charge on any atom is 0.129 e. The van der Waals surface area contributed by atoms with Crippen LogP contribution in [0.2, 0.25) is 0 Å². The van der Waals surface area contributed by atoms with Crippen molar-refractivity contribution in [1.29, 1.82) is 0 Å². The highest BCUT2D eigenvalue weighted by Gasteiger charge is 2.11. The maximum atomic E-state index is 5.72. The second-order valence-corrected chi connectivity index (χ2v) is 7.33. The Bertz CT molecular complexity index is 369. The van der Waals surface area contributed by atoms with E-state index in [2.05, 4.69) is 46.9 Å². The van der Waals surface area contributed by atoms with E-state index in [0.717, 1.165) is 31.1 Å². The van der Waals surface area contributed by atoms with Crippen LogP contribution < -0.4 is 5.32 Å². The third-order valence-electron chi connectivity index (χ3n) is 2.75. The van der Waals surface area contributed by atoms with Crippen molar-refractivity contribution in [2.24, 2.45) is 5.41 Å². The fraction of sp³-hybridized carbons (Fsp3) is 0.750. The molecule has 3 nitrogen and oxygen atoms in total. The minimum atomic E-state index is 0.107. The van der Waals surface area contributed by atoms with Crippen LogP contribution in [0.3, 0.4) is 0 Å². The van der Waals surface area contributed by atoms with Gasteiger partial charge >= 0.3 is 0 Å². The fourth-order valence-electron chi connectivity index (χ4n) is 1.50. The van der Waals surface area contributed by atoms with E-state index in [4.69, 9.17) is 9.15 Å². The summed E-state index contributed by atoms with van der Waals surface area (Å²) in [6.07, 6.45) is 1.06. The predicted molar refractivity (Wildman–Crippen MR) is 79.0 cm³/mol. The first-order valence-electron chi connectivity index (χ1n) is 7.06. The van der Waals surface area contributed by atoms with E-state index in [1.54, 1.807) is 0 Å². The quantitative estimate of drug-likeness (QED) is 0.787. The molecule has 19 heavy (non-hydrogen) atoms. The van der Waals surface area contributed by atoms with Gasteiger partial charge in [-0.25, -0.2) is 0 Å². The van der Waals surface area contributed by atoms with Crippen molar-refractivity contribution in [1.82, 2.24) is 5.32 Å². The van der Waals surface area contributed by atoms with Crippen LogP contribution >= 0.6 is 0 Å². The Labute approximate surface area is 117 Å². The van der Waals surface area contributed by atoms with Crippen LogP contribution in [-0.4, -0.2) is 12.1 Å². The van der Waals surface area contributed by atoms with E-state index in [9.17, 15) is 0 Å². The van der Waals surface area contributed by atoms with Crippen molar-refractivity contribution in [2.75, 3.05) is 6.61 Å². The van der Waals surface area contributed by atoms with Crippen molar-refractivity contribution in [3.63, 3.8) is 0 Å². The van der Waals surface area contributed by atoms with E-state index in [-0.39, 0.29) is 5.54 Å². The Morgan fingerprint density at radius 1 is 1.05 bits per heavy atom. The Hall–Kier alpha value is -0.800. The third kappa shape index (κ3) is 8.06. The molecule has 0 aromatic carbocycles. The average molecular weight is 267 g/mol. The van der Waals surface area contributed by atoms with Gasteiger partial charge in [-0.05, 0) is 44.7 Å². The van der Waals surface area contributed by atoms with Gasteiger partial charge in [0.1, 0.15) is 18.1 Å². The van der Waals surface area contributed by atoms with Crippen LogP contribution in [0.5, 0.6) is 0 Å². The summed E-state index contributed by atoms with van der Waals surface area (Å²) in [5.41, 5.74) is 0.432. The lowest BCUT2D eigenvalue weighted by Gasteiger charge is -2.19. The molecule has 0 amide bonds. The third-order valence-corrected chi connectivity index (χ3v) is 2.75. The highest BCUT2D eigenvalue weighted by molar-refractivity contribution is 5.06. The molecule has 0 saturated carbocycles. The molecule has 0 radical (unpaired) electrons. The summed E-state index contributed by atoms with van der Waals surface area (Å²) in [5.74, 6) is 1.86. The summed E-state index contributed by atoms with van der Waals surface area (Å²) in [6, 6.07) is 4.01. The summed E-state index contributed by atoms with van der Waals surface area (Å²) < 4.78 is 11.4. The van der Waals surface area contributed by atoms with Gasteiger partial charge in [0.25, 0.3) is 0 Å². The molecular weight excluding hydrogens is 238 g/mol. The number of hydrogen-bond acceptors (Lipinski definition) is 3. The number of ether oxygens (including phenoxy) is 1. The molecule has 0 saturated heterocycles. The molecule has 0 bridgehead atoms. The molecule has 1 aromatic heterocycles. The van der Waals surface area contributed by atoms with Crippen LogP contribution in [0.15, 0.2) is 16.5 Å². The van der Waals surface area contributed by atoms with Gasteiger partial charge in [0.05, 0.1) is 6.54 Å². The van der Waals surface area contributed by atoms with Crippen LogP contribution in [0.1, 0.15) is 59.5 Å². The van der Waals surface area contributed by atoms with Gasteiger partial charge in [-0.2, -0.15) is 0 Å². The molecule has 0 aliphatic heterocycles. The van der Waals surface area contributed by atoms with Crippen molar-refractivity contribution < 1.29 is 9.15 Å². The largest absolute Gasteiger partial charge is 0.462 e. The van der Waals surface area contributed by atoms with E-state index in [1.807, 2.05) is 12.1 Å². The van der Waals surface area contributed by atoms with E-state index in [0.29, 0.717) is 12.0 Å². The Morgan fingerprint density at radius 2 is 1.68 bits per heavy atom. The number of hydrogen-bond donors (Lipinski definition) is 1. The molecule has 1 N–H and O–H groups in total. The first-order chi connectivity index (χ1) is 8.66. The molecule has 0 fully saturated rings. The molecule has 110 valence electrons. The highest BCUT2D eigenvalue weighted by atomic mass is 16.5. The van der Waals surface area contributed by atoms with Crippen molar-refractivity contribution in [3.8, 4) is 0 Å². The standard InChI is InChI=1S/C16H29NO2/c1-15(2,3)9-10-18-12-14-8-7-13(19-14)11-17-16(4,5)6/h7-8,17H,9-12H2,1-6H3. The summed E-state index contributed by atoms with van der Waals surface area (Å²) >= 11 is 0. The van der Waals surface area contributed by atoms with E-state index >= 15 is 0 Å². The normalized spacial score (nSPS) is 12.9. The first-order valence-corrected chi connectivity index (χ1v) is 7.06. The molecule has 0 spiro atoms. The topological polar surface area (TPSA) is 34.4 Å². The smallest absolute Gasteiger partial charge is 0.129 e. The SMILES string of the molecule is CC(C)(C)CCOCc1ccc(CNC(C)(C)C)o1. The Morgan fingerprint density at radius 3 is 2.26 bits per heavy atom. The summed E-state index contributed by atoms with van der Waals surface area (Å²) in [7, 11) is 0. The monoisotopic (exact) mass is 267 g/mol. The number of rotatable bonds is 6. The van der Waals surface area contributed by atoms with Gasteiger partial charge in [-0.15, -0.1) is 0 Å². The average Bonchev–Trinajstić information content (AvgIpc) is 2.67. The van der Waals surface area contributed by atoms with Crippen molar-refractivity contribution in [2.45, 2.75) is 66.7 Å². The molecule has 3 heteroatoms. The highest BCUT2D eigenvalue weighted by Crippen LogP contribution is 2.18. The zero-order chi connectivity index (χ0) is 14.5. The lowest BCUT2D eigenvalue weighted by molar-refractivity contribution is 0.0835. The van der Waals surface area contributed by atoms with Crippen LogP contribution in [-0.2, 0) is 17.9 Å². The molecule has 1 heterocycles.